The Kier molecular flexibility index (Phi) is 4.02. The predicted octanol–water partition coefficient (Wildman–Crippen LogP) is 4.33. The standard InChI is InChI=1S/C24H21NO2/c26-24-23(27-16-18-11-5-2-6-12-18)22-20(15-17-9-3-1-4-10-17)19-13-7-8-14-21(19)25(22)24/h1-14,20,22-23H,15-16H2/t20-,22-,23-/m1/s1. The number of ether oxygens (including phenoxy) is 1. The van der Waals surface area contributed by atoms with Crippen molar-refractivity contribution in [2.24, 2.45) is 0 Å². The lowest BCUT2D eigenvalue weighted by Gasteiger charge is -2.44. The van der Waals surface area contributed by atoms with Crippen molar-refractivity contribution in [3.8, 4) is 0 Å². The van der Waals surface area contributed by atoms with Gasteiger partial charge in [-0.2, -0.15) is 0 Å². The summed E-state index contributed by atoms with van der Waals surface area (Å²) in [7, 11) is 0. The number of fused-ring (bicyclic) bond motifs is 3. The molecule has 0 saturated carbocycles. The molecule has 3 atom stereocenters. The Labute approximate surface area is 159 Å². The molecule has 0 N–H and O–H groups in total. The molecule has 3 aromatic rings. The van der Waals surface area contributed by atoms with Crippen molar-refractivity contribution >= 4 is 11.6 Å². The topological polar surface area (TPSA) is 29.5 Å². The summed E-state index contributed by atoms with van der Waals surface area (Å²) in [6.07, 6.45) is 0.545. The molecule has 2 heterocycles. The Balaban J connectivity index is 1.41. The molecule has 1 amide bonds. The van der Waals surface area contributed by atoms with E-state index >= 15 is 0 Å². The van der Waals surface area contributed by atoms with E-state index in [4.69, 9.17) is 4.74 Å². The number of benzene rings is 3. The van der Waals surface area contributed by atoms with E-state index < -0.39 is 0 Å². The van der Waals surface area contributed by atoms with Gasteiger partial charge in [-0.25, -0.2) is 0 Å². The Morgan fingerprint density at radius 3 is 2.15 bits per heavy atom. The Morgan fingerprint density at radius 1 is 0.778 bits per heavy atom. The third-order valence-electron chi connectivity index (χ3n) is 5.67. The molecule has 0 radical (unpaired) electrons. The van der Waals surface area contributed by atoms with Gasteiger partial charge >= 0.3 is 0 Å². The molecule has 0 unspecified atom stereocenters. The summed E-state index contributed by atoms with van der Waals surface area (Å²) in [4.78, 5) is 14.8. The molecule has 0 spiro atoms. The fourth-order valence-electron chi connectivity index (χ4n) is 4.39. The van der Waals surface area contributed by atoms with Gasteiger partial charge in [0.25, 0.3) is 5.91 Å². The molecule has 0 aliphatic carbocycles. The first-order chi connectivity index (χ1) is 13.3. The van der Waals surface area contributed by atoms with Crippen LogP contribution >= 0.6 is 0 Å². The highest BCUT2D eigenvalue weighted by atomic mass is 16.5. The third-order valence-corrected chi connectivity index (χ3v) is 5.67. The van der Waals surface area contributed by atoms with E-state index in [0.29, 0.717) is 6.61 Å². The van der Waals surface area contributed by atoms with Crippen LogP contribution in [-0.2, 0) is 22.6 Å². The number of carbonyl (C=O) groups excluding carboxylic acids is 1. The number of anilines is 1. The van der Waals surface area contributed by atoms with E-state index in [1.807, 2.05) is 47.4 Å². The van der Waals surface area contributed by atoms with Crippen molar-refractivity contribution in [3.63, 3.8) is 0 Å². The maximum absolute atomic E-state index is 12.8. The average molecular weight is 355 g/mol. The number of carbonyl (C=O) groups is 1. The third kappa shape index (κ3) is 2.75. The van der Waals surface area contributed by atoms with E-state index in [1.54, 1.807) is 0 Å². The number of nitrogens with zero attached hydrogens (tertiary/aromatic N) is 1. The summed E-state index contributed by atoms with van der Waals surface area (Å²) in [5, 5.41) is 0. The predicted molar refractivity (Wildman–Crippen MR) is 106 cm³/mol. The molecule has 0 bridgehead atoms. The first-order valence-electron chi connectivity index (χ1n) is 9.44. The molecule has 1 saturated heterocycles. The van der Waals surface area contributed by atoms with Crippen molar-refractivity contribution < 1.29 is 9.53 Å². The molecule has 3 aromatic carbocycles. The molecule has 5 rings (SSSR count). The van der Waals surface area contributed by atoms with Crippen LogP contribution in [-0.4, -0.2) is 18.1 Å². The number of hydrogen-bond donors (Lipinski definition) is 0. The van der Waals surface area contributed by atoms with Gasteiger partial charge in [0, 0.05) is 11.6 Å². The lowest BCUT2D eigenvalue weighted by atomic mass is 9.83. The molecule has 2 aliphatic heterocycles. The van der Waals surface area contributed by atoms with Crippen molar-refractivity contribution in [1.82, 2.24) is 0 Å². The fraction of sp³-hybridized carbons (Fsp3) is 0.208. The van der Waals surface area contributed by atoms with Crippen LogP contribution in [0.2, 0.25) is 0 Å². The zero-order valence-corrected chi connectivity index (χ0v) is 15.0. The minimum absolute atomic E-state index is 0.0822. The molecular weight excluding hydrogens is 334 g/mol. The number of para-hydroxylation sites is 1. The van der Waals surface area contributed by atoms with Crippen molar-refractivity contribution in [1.29, 1.82) is 0 Å². The van der Waals surface area contributed by atoms with E-state index in [9.17, 15) is 4.79 Å². The highest BCUT2D eigenvalue weighted by Crippen LogP contribution is 2.50. The molecule has 1 fully saturated rings. The molecular formula is C24H21NO2. The number of hydrogen-bond acceptors (Lipinski definition) is 2. The Morgan fingerprint density at radius 2 is 1.41 bits per heavy atom. The van der Waals surface area contributed by atoms with Crippen molar-refractivity contribution in [2.75, 3.05) is 4.90 Å². The number of β-lactam (4-membered cyclic amide) rings is 1. The van der Waals surface area contributed by atoms with E-state index in [0.717, 1.165) is 17.7 Å². The first-order valence-corrected chi connectivity index (χ1v) is 9.44. The van der Waals surface area contributed by atoms with Crippen LogP contribution in [0.3, 0.4) is 0 Å². The smallest absolute Gasteiger partial charge is 0.258 e. The monoisotopic (exact) mass is 355 g/mol. The summed E-state index contributed by atoms with van der Waals surface area (Å²) < 4.78 is 6.10. The van der Waals surface area contributed by atoms with Gasteiger partial charge in [-0.3, -0.25) is 4.79 Å². The summed E-state index contributed by atoms with van der Waals surface area (Å²) in [6.45, 7) is 0.468. The van der Waals surface area contributed by atoms with Crippen LogP contribution in [0, 0.1) is 0 Å². The summed E-state index contributed by atoms with van der Waals surface area (Å²) >= 11 is 0. The van der Waals surface area contributed by atoms with Crippen LogP contribution < -0.4 is 4.90 Å². The normalized spacial score (nSPS) is 22.9. The van der Waals surface area contributed by atoms with E-state index in [2.05, 4.69) is 42.5 Å². The van der Waals surface area contributed by atoms with Gasteiger partial charge in [0.15, 0.2) is 6.10 Å². The molecule has 3 nitrogen and oxygen atoms in total. The van der Waals surface area contributed by atoms with E-state index in [1.165, 1.54) is 11.1 Å². The second kappa shape index (κ2) is 6.67. The van der Waals surface area contributed by atoms with E-state index in [-0.39, 0.29) is 24.0 Å². The minimum atomic E-state index is -0.369. The Hall–Kier alpha value is -2.91. The Bertz CT molecular complexity index is 954. The molecule has 134 valence electrons. The fourth-order valence-corrected chi connectivity index (χ4v) is 4.39. The number of amides is 1. The van der Waals surface area contributed by atoms with Gasteiger partial charge in [0.2, 0.25) is 0 Å². The van der Waals surface area contributed by atoms with Gasteiger partial charge in [0.1, 0.15) is 0 Å². The maximum Gasteiger partial charge on any atom is 0.258 e. The van der Waals surface area contributed by atoms with Crippen LogP contribution in [0.4, 0.5) is 5.69 Å². The van der Waals surface area contributed by atoms with Gasteiger partial charge in [-0.1, -0.05) is 78.9 Å². The molecule has 2 aliphatic rings. The summed E-state index contributed by atoms with van der Waals surface area (Å²) in [5.74, 6) is 0.348. The second-order valence-corrected chi connectivity index (χ2v) is 7.27. The highest BCUT2D eigenvalue weighted by Gasteiger charge is 2.57. The van der Waals surface area contributed by atoms with Crippen molar-refractivity contribution in [2.45, 2.75) is 31.1 Å². The highest BCUT2D eigenvalue weighted by molar-refractivity contribution is 6.07. The summed E-state index contributed by atoms with van der Waals surface area (Å²) in [6, 6.07) is 28.9. The van der Waals surface area contributed by atoms with Crippen molar-refractivity contribution in [3.05, 3.63) is 102 Å². The average Bonchev–Trinajstić information content (AvgIpc) is 3.00. The zero-order chi connectivity index (χ0) is 18.2. The quantitative estimate of drug-likeness (QED) is 0.638. The molecule has 0 aromatic heterocycles. The second-order valence-electron chi connectivity index (χ2n) is 7.27. The van der Waals surface area contributed by atoms with Gasteiger partial charge in [-0.05, 0) is 29.2 Å². The largest absolute Gasteiger partial charge is 0.361 e. The first kappa shape index (κ1) is 16.3. The maximum atomic E-state index is 12.8. The van der Waals surface area contributed by atoms with Gasteiger partial charge in [-0.15, -0.1) is 0 Å². The van der Waals surface area contributed by atoms with Gasteiger partial charge < -0.3 is 9.64 Å². The van der Waals surface area contributed by atoms with Crippen LogP contribution in [0.5, 0.6) is 0 Å². The lowest BCUT2D eigenvalue weighted by molar-refractivity contribution is -0.143. The van der Waals surface area contributed by atoms with Crippen LogP contribution in [0.1, 0.15) is 22.6 Å². The number of rotatable bonds is 5. The summed E-state index contributed by atoms with van der Waals surface area (Å²) in [5.41, 5.74) is 4.69. The molecule has 27 heavy (non-hydrogen) atoms. The minimum Gasteiger partial charge on any atom is -0.361 e. The van der Waals surface area contributed by atoms with Gasteiger partial charge in [0.05, 0.1) is 12.6 Å². The SMILES string of the molecule is O=C1[C@H](OCc2ccccc2)[C@H]2[C@H](Cc3ccccc3)c3ccccc3N12. The zero-order valence-electron chi connectivity index (χ0n) is 15.0. The lowest BCUT2D eigenvalue weighted by Crippen LogP contribution is -2.65. The molecule has 3 heteroatoms. The van der Waals surface area contributed by atoms with Crippen LogP contribution in [0.25, 0.3) is 0 Å². The van der Waals surface area contributed by atoms with Crippen LogP contribution in [0.15, 0.2) is 84.9 Å².